The summed E-state index contributed by atoms with van der Waals surface area (Å²) in [4.78, 5) is 30.3. The molecule has 1 aromatic heterocycles. The van der Waals surface area contributed by atoms with Crippen molar-refractivity contribution in [3.05, 3.63) is 53.3 Å². The second-order valence-corrected chi connectivity index (χ2v) is 5.81. The molecule has 0 aliphatic carbocycles. The minimum absolute atomic E-state index is 0.117. The van der Waals surface area contributed by atoms with E-state index in [0.29, 0.717) is 23.6 Å². The first-order chi connectivity index (χ1) is 10.6. The van der Waals surface area contributed by atoms with Crippen molar-refractivity contribution in [3.63, 3.8) is 0 Å². The summed E-state index contributed by atoms with van der Waals surface area (Å²) in [5, 5.41) is 0.602. The van der Waals surface area contributed by atoms with Crippen molar-refractivity contribution in [1.29, 1.82) is 0 Å². The van der Waals surface area contributed by atoms with Crippen LogP contribution in [0.25, 0.3) is 11.1 Å². The fourth-order valence-electron chi connectivity index (χ4n) is 2.68. The Balaban J connectivity index is 1.93. The van der Waals surface area contributed by atoms with Gasteiger partial charge in [-0.15, -0.1) is 0 Å². The minimum Gasteiger partial charge on any atom is -0.345 e. The van der Waals surface area contributed by atoms with Crippen molar-refractivity contribution in [1.82, 2.24) is 9.88 Å². The molecule has 0 N–H and O–H groups in total. The van der Waals surface area contributed by atoms with Crippen molar-refractivity contribution < 1.29 is 9.59 Å². The molecule has 1 aliphatic rings. The summed E-state index contributed by atoms with van der Waals surface area (Å²) in [5.74, 6) is -0.878. The number of amides is 1. The number of pyridine rings is 1. The van der Waals surface area contributed by atoms with Crippen molar-refractivity contribution >= 4 is 23.3 Å². The van der Waals surface area contributed by atoms with Crippen LogP contribution in [0.1, 0.15) is 16.8 Å². The van der Waals surface area contributed by atoms with Crippen molar-refractivity contribution in [3.8, 4) is 11.1 Å². The molecule has 4 nitrogen and oxygen atoms in total. The van der Waals surface area contributed by atoms with Crippen LogP contribution in [0.2, 0.25) is 5.02 Å². The fraction of sp³-hybridized carbons (Fsp3) is 0.235. The predicted molar refractivity (Wildman–Crippen MR) is 84.8 cm³/mol. The number of aromatic nitrogens is 1. The molecule has 0 bridgehead atoms. The molecule has 112 valence electrons. The van der Waals surface area contributed by atoms with Crippen LogP contribution in [0, 0.1) is 5.92 Å². The highest BCUT2D eigenvalue weighted by Crippen LogP contribution is 2.28. The Hall–Kier alpha value is -2.20. The second kappa shape index (κ2) is 5.89. The molecule has 0 radical (unpaired) electrons. The molecule has 1 unspecified atom stereocenters. The zero-order valence-corrected chi connectivity index (χ0v) is 12.9. The summed E-state index contributed by atoms with van der Waals surface area (Å²) in [6.07, 6.45) is 3.74. The van der Waals surface area contributed by atoms with Gasteiger partial charge in [-0.2, -0.15) is 0 Å². The first kappa shape index (κ1) is 14.7. The first-order valence-corrected chi connectivity index (χ1v) is 7.45. The number of hydrogen-bond acceptors (Lipinski definition) is 3. The van der Waals surface area contributed by atoms with Gasteiger partial charge in [-0.25, -0.2) is 0 Å². The number of likely N-dealkylation sites (tertiary alicyclic amines) is 1. The van der Waals surface area contributed by atoms with Gasteiger partial charge in [0, 0.05) is 47.7 Å². The number of rotatable bonds is 3. The van der Waals surface area contributed by atoms with E-state index in [1.54, 1.807) is 30.3 Å². The number of carbonyl (C=O) groups excluding carboxylic acids is 2. The summed E-state index contributed by atoms with van der Waals surface area (Å²) in [7, 11) is 1.72. The van der Waals surface area contributed by atoms with E-state index in [0.717, 1.165) is 11.1 Å². The highest BCUT2D eigenvalue weighted by Gasteiger charge is 2.35. The van der Waals surface area contributed by atoms with Gasteiger partial charge in [0.15, 0.2) is 5.78 Å². The van der Waals surface area contributed by atoms with Gasteiger partial charge in [0.1, 0.15) is 5.92 Å². The van der Waals surface area contributed by atoms with Crippen LogP contribution in [0.3, 0.4) is 0 Å². The number of hydrogen-bond donors (Lipinski definition) is 0. The third kappa shape index (κ3) is 2.62. The molecular formula is C17H15ClN2O2. The molecule has 1 saturated heterocycles. The van der Waals surface area contributed by atoms with Crippen LogP contribution in [0.15, 0.2) is 42.7 Å². The monoisotopic (exact) mass is 314 g/mol. The first-order valence-electron chi connectivity index (χ1n) is 7.07. The molecule has 2 heterocycles. The lowest BCUT2D eigenvalue weighted by molar-refractivity contribution is -0.128. The average molecular weight is 315 g/mol. The Labute approximate surface area is 133 Å². The number of nitrogens with zero attached hydrogens (tertiary/aromatic N) is 2. The molecule has 1 aliphatic heterocycles. The third-order valence-electron chi connectivity index (χ3n) is 3.95. The van der Waals surface area contributed by atoms with Gasteiger partial charge in [0.25, 0.3) is 0 Å². The number of benzene rings is 1. The zero-order chi connectivity index (χ0) is 15.7. The molecule has 0 saturated carbocycles. The molecule has 0 spiro atoms. The van der Waals surface area contributed by atoms with Gasteiger partial charge in [-0.1, -0.05) is 29.8 Å². The molecule has 1 aromatic carbocycles. The van der Waals surface area contributed by atoms with E-state index < -0.39 is 5.92 Å². The summed E-state index contributed by atoms with van der Waals surface area (Å²) in [6.45, 7) is 0.618. The highest BCUT2D eigenvalue weighted by atomic mass is 35.5. The maximum Gasteiger partial charge on any atom is 0.233 e. The Bertz CT molecular complexity index is 745. The fourth-order valence-corrected chi connectivity index (χ4v) is 2.93. The van der Waals surface area contributed by atoms with E-state index in [4.69, 9.17) is 11.6 Å². The van der Waals surface area contributed by atoms with Crippen molar-refractivity contribution in [2.75, 3.05) is 13.6 Å². The molecule has 1 fully saturated rings. The average Bonchev–Trinajstić information content (AvgIpc) is 2.87. The standard InChI is InChI=1S/C17H15ClN2O2/c1-20-7-6-14(17(20)22)16(21)12-8-11(9-19-10-12)13-4-2-3-5-15(13)18/h2-5,8-10,14H,6-7H2,1H3. The van der Waals surface area contributed by atoms with Crippen LogP contribution < -0.4 is 0 Å². The van der Waals surface area contributed by atoms with E-state index in [1.165, 1.54) is 6.20 Å². The number of ketones is 1. The van der Waals surface area contributed by atoms with Gasteiger partial charge in [-0.3, -0.25) is 14.6 Å². The van der Waals surface area contributed by atoms with Crippen molar-refractivity contribution in [2.45, 2.75) is 6.42 Å². The smallest absolute Gasteiger partial charge is 0.233 e. The van der Waals surface area contributed by atoms with E-state index in [-0.39, 0.29) is 11.7 Å². The van der Waals surface area contributed by atoms with Gasteiger partial charge in [0.05, 0.1) is 0 Å². The van der Waals surface area contributed by atoms with E-state index >= 15 is 0 Å². The van der Waals surface area contributed by atoms with Gasteiger partial charge < -0.3 is 4.90 Å². The lowest BCUT2D eigenvalue weighted by Crippen LogP contribution is -2.27. The summed E-state index contributed by atoms with van der Waals surface area (Å²) in [5.41, 5.74) is 2.04. The largest absolute Gasteiger partial charge is 0.345 e. The molecule has 22 heavy (non-hydrogen) atoms. The van der Waals surface area contributed by atoms with Crippen LogP contribution in [-0.2, 0) is 4.79 Å². The van der Waals surface area contributed by atoms with Crippen molar-refractivity contribution in [2.24, 2.45) is 5.92 Å². The molecule has 3 rings (SSSR count). The van der Waals surface area contributed by atoms with Gasteiger partial charge in [0.2, 0.25) is 5.91 Å². The SMILES string of the molecule is CN1CCC(C(=O)c2cncc(-c3ccccc3Cl)c2)C1=O. The summed E-state index contributed by atoms with van der Waals surface area (Å²) in [6, 6.07) is 9.15. The van der Waals surface area contributed by atoms with Crippen LogP contribution >= 0.6 is 11.6 Å². The maximum atomic E-state index is 12.6. The molecule has 2 aromatic rings. The molecular weight excluding hydrogens is 300 g/mol. The van der Waals surface area contributed by atoms with Gasteiger partial charge in [-0.05, 0) is 18.6 Å². The van der Waals surface area contributed by atoms with Crippen LogP contribution in [-0.4, -0.2) is 35.2 Å². The second-order valence-electron chi connectivity index (χ2n) is 5.41. The molecule has 1 atom stereocenters. The van der Waals surface area contributed by atoms with E-state index in [2.05, 4.69) is 4.98 Å². The number of Topliss-reactive ketones (excluding diaryl/α,β-unsaturated/α-hetero) is 1. The Morgan fingerprint density at radius 2 is 2.09 bits per heavy atom. The Morgan fingerprint density at radius 1 is 1.32 bits per heavy atom. The van der Waals surface area contributed by atoms with E-state index in [9.17, 15) is 9.59 Å². The maximum absolute atomic E-state index is 12.6. The minimum atomic E-state index is -0.590. The molecule has 1 amide bonds. The quantitative estimate of drug-likeness (QED) is 0.646. The lowest BCUT2D eigenvalue weighted by Gasteiger charge is -2.10. The predicted octanol–water partition coefficient (Wildman–Crippen LogP) is 3.06. The topological polar surface area (TPSA) is 50.3 Å². The Kier molecular flexibility index (Phi) is 3.94. The number of halogens is 1. The summed E-state index contributed by atoms with van der Waals surface area (Å²) >= 11 is 6.19. The third-order valence-corrected chi connectivity index (χ3v) is 4.28. The lowest BCUT2D eigenvalue weighted by atomic mass is 9.95. The zero-order valence-electron chi connectivity index (χ0n) is 12.1. The van der Waals surface area contributed by atoms with E-state index in [1.807, 2.05) is 18.2 Å². The van der Waals surface area contributed by atoms with Crippen LogP contribution in [0.5, 0.6) is 0 Å². The number of carbonyl (C=O) groups is 2. The normalized spacial score (nSPS) is 17.8. The summed E-state index contributed by atoms with van der Waals surface area (Å²) < 4.78 is 0. The highest BCUT2D eigenvalue weighted by molar-refractivity contribution is 6.33. The van der Waals surface area contributed by atoms with Crippen LogP contribution in [0.4, 0.5) is 0 Å². The molecule has 5 heteroatoms. The van der Waals surface area contributed by atoms with Gasteiger partial charge >= 0.3 is 0 Å². The Morgan fingerprint density at radius 3 is 2.77 bits per heavy atom.